The van der Waals surface area contributed by atoms with Crippen molar-refractivity contribution < 1.29 is 27.5 Å². The molecule has 0 N–H and O–H groups in total. The van der Waals surface area contributed by atoms with Gasteiger partial charge in [0.15, 0.2) is 5.84 Å². The fourth-order valence-corrected chi connectivity index (χ4v) is 4.37. The molecule has 30 heavy (non-hydrogen) atoms. The molecule has 0 saturated carbocycles. The van der Waals surface area contributed by atoms with Crippen LogP contribution in [0, 0.1) is 0 Å². The summed E-state index contributed by atoms with van der Waals surface area (Å²) in [6, 6.07) is 8.73. The number of sulfonamides is 1. The minimum absolute atomic E-state index is 0.00326. The summed E-state index contributed by atoms with van der Waals surface area (Å²) < 4.78 is 38.5. The van der Waals surface area contributed by atoms with Crippen LogP contribution in [0.15, 0.2) is 58.7 Å². The van der Waals surface area contributed by atoms with Crippen molar-refractivity contribution in [3.8, 4) is 0 Å². The zero-order valence-corrected chi connectivity index (χ0v) is 17.0. The van der Waals surface area contributed by atoms with Crippen molar-refractivity contribution in [1.82, 2.24) is 9.80 Å². The Morgan fingerprint density at radius 2 is 1.83 bits per heavy atom. The molecular formula is C20H21N3O6S. The fraction of sp³-hybridized carbons (Fsp3) is 0.350. The molecule has 0 bridgehead atoms. The van der Waals surface area contributed by atoms with Gasteiger partial charge in [-0.05, 0) is 12.2 Å². The maximum Gasteiger partial charge on any atom is 0.343 e. The van der Waals surface area contributed by atoms with E-state index in [1.807, 2.05) is 0 Å². The lowest BCUT2D eigenvalue weighted by atomic mass is 10.1. The smallest absolute Gasteiger partial charge is 0.343 e. The minimum atomic E-state index is -3.66. The molecule has 1 saturated heterocycles. The minimum Gasteiger partial charge on any atom is -0.444 e. The molecule has 158 valence electrons. The van der Waals surface area contributed by atoms with Crippen LogP contribution < -0.4 is 0 Å². The number of amidine groups is 1. The van der Waals surface area contributed by atoms with Crippen LogP contribution in [0.1, 0.15) is 11.7 Å². The molecule has 0 spiro atoms. The summed E-state index contributed by atoms with van der Waals surface area (Å²) in [6.07, 6.45) is 3.56. The first kappa shape index (κ1) is 20.3. The number of esters is 1. The van der Waals surface area contributed by atoms with Gasteiger partial charge in [-0.25, -0.2) is 13.2 Å². The third kappa shape index (κ3) is 4.29. The summed E-state index contributed by atoms with van der Waals surface area (Å²) in [5.41, 5.74) is 0.529. The van der Waals surface area contributed by atoms with Crippen molar-refractivity contribution in [1.29, 1.82) is 0 Å². The summed E-state index contributed by atoms with van der Waals surface area (Å²) in [6.45, 7) is 1.84. The molecule has 9 nitrogen and oxygen atoms in total. The molecule has 1 aromatic rings. The van der Waals surface area contributed by atoms with E-state index in [1.54, 1.807) is 52.4 Å². The van der Waals surface area contributed by atoms with E-state index >= 15 is 0 Å². The predicted molar refractivity (Wildman–Crippen MR) is 108 cm³/mol. The van der Waals surface area contributed by atoms with Crippen LogP contribution >= 0.6 is 0 Å². The topological polar surface area (TPSA) is 106 Å². The van der Waals surface area contributed by atoms with Crippen LogP contribution in [0.5, 0.6) is 0 Å². The Morgan fingerprint density at radius 1 is 1.10 bits per heavy atom. The number of carbonyl (C=O) groups excluding carboxylic acids is 2. The van der Waals surface area contributed by atoms with Crippen molar-refractivity contribution in [2.24, 2.45) is 4.40 Å². The Labute approximate surface area is 174 Å². The van der Waals surface area contributed by atoms with Gasteiger partial charge in [0.2, 0.25) is 6.10 Å². The number of hydrogen-bond acceptors (Lipinski definition) is 7. The number of rotatable bonds is 4. The lowest BCUT2D eigenvalue weighted by Crippen LogP contribution is -2.44. The zero-order valence-electron chi connectivity index (χ0n) is 16.1. The summed E-state index contributed by atoms with van der Waals surface area (Å²) in [5.74, 6) is -1.28. The Balaban J connectivity index is 1.62. The Kier molecular flexibility index (Phi) is 5.69. The van der Waals surface area contributed by atoms with Gasteiger partial charge in [-0.1, -0.05) is 30.3 Å². The van der Waals surface area contributed by atoms with Crippen molar-refractivity contribution in [2.75, 3.05) is 38.6 Å². The monoisotopic (exact) mass is 431 g/mol. The van der Waals surface area contributed by atoms with Gasteiger partial charge in [-0.15, -0.1) is 4.40 Å². The summed E-state index contributed by atoms with van der Waals surface area (Å²) in [7, 11) is -3.66. The van der Waals surface area contributed by atoms with Crippen LogP contribution in [0.4, 0.5) is 0 Å². The second-order valence-corrected chi connectivity index (χ2v) is 8.70. The van der Waals surface area contributed by atoms with Gasteiger partial charge in [-0.2, -0.15) is 0 Å². The molecule has 10 heteroatoms. The van der Waals surface area contributed by atoms with Gasteiger partial charge < -0.3 is 19.3 Å². The number of ether oxygens (including phenoxy) is 2. The molecule has 3 heterocycles. The lowest BCUT2D eigenvalue weighted by Gasteiger charge is -2.31. The third-order valence-electron chi connectivity index (χ3n) is 4.95. The van der Waals surface area contributed by atoms with E-state index in [2.05, 4.69) is 4.40 Å². The first-order chi connectivity index (χ1) is 14.4. The second-order valence-electron chi connectivity index (χ2n) is 6.95. The van der Waals surface area contributed by atoms with E-state index in [0.29, 0.717) is 31.9 Å². The summed E-state index contributed by atoms with van der Waals surface area (Å²) in [4.78, 5) is 29.3. The van der Waals surface area contributed by atoms with E-state index in [9.17, 15) is 18.0 Å². The number of morpholine rings is 1. The molecule has 0 aliphatic carbocycles. The van der Waals surface area contributed by atoms with Gasteiger partial charge in [0.05, 0.1) is 19.0 Å². The highest BCUT2D eigenvalue weighted by molar-refractivity contribution is 7.90. The number of fused-ring (bicyclic) bond motifs is 1. The van der Waals surface area contributed by atoms with E-state index in [1.165, 1.54) is 6.08 Å². The molecule has 3 aliphatic rings. The number of hydrogen-bond donors (Lipinski definition) is 0. The van der Waals surface area contributed by atoms with Crippen molar-refractivity contribution in [2.45, 2.75) is 6.10 Å². The van der Waals surface area contributed by atoms with Crippen LogP contribution in [0.2, 0.25) is 0 Å². The SMILES string of the molecule is O=C(O[C@@H](C(=O)N1CCOCC1)c1ccccc1)C1=CC=CN2CCS(=O)(=O)N=C12. The number of nitrogens with zero attached hydrogens (tertiary/aromatic N) is 3. The quantitative estimate of drug-likeness (QED) is 0.644. The molecule has 1 fully saturated rings. The van der Waals surface area contributed by atoms with Crippen molar-refractivity contribution >= 4 is 27.7 Å². The normalized spacial score (nSPS) is 21.2. The number of amides is 1. The van der Waals surface area contributed by atoms with Gasteiger partial charge >= 0.3 is 5.97 Å². The maximum atomic E-state index is 13.1. The van der Waals surface area contributed by atoms with E-state index < -0.39 is 22.1 Å². The number of carbonyl (C=O) groups is 2. The zero-order chi connectivity index (χ0) is 21.1. The molecule has 4 rings (SSSR count). The standard InChI is InChI=1S/C20H21N3O6S/c24-19(23-9-12-28-13-10-23)17(15-5-2-1-3-6-15)29-20(25)16-7-4-8-22-11-14-30(26,27)21-18(16)22/h1-8,17H,9-14H2/t17-/m1/s1. The molecule has 3 aliphatic heterocycles. The van der Waals surface area contributed by atoms with Crippen molar-refractivity contribution in [3.63, 3.8) is 0 Å². The van der Waals surface area contributed by atoms with Gasteiger partial charge in [0, 0.05) is 31.4 Å². The Hall–Kier alpha value is -2.98. The molecule has 1 amide bonds. The lowest BCUT2D eigenvalue weighted by molar-refractivity contribution is -0.159. The molecule has 1 aromatic carbocycles. The highest BCUT2D eigenvalue weighted by atomic mass is 32.2. The summed E-state index contributed by atoms with van der Waals surface area (Å²) >= 11 is 0. The van der Waals surface area contributed by atoms with Crippen molar-refractivity contribution in [3.05, 3.63) is 59.8 Å². The molecule has 0 unspecified atom stereocenters. The predicted octanol–water partition coefficient (Wildman–Crippen LogP) is 0.627. The molecule has 1 atom stereocenters. The van der Waals surface area contributed by atoms with Crippen LogP contribution in [-0.2, 0) is 29.1 Å². The highest BCUT2D eigenvalue weighted by Crippen LogP contribution is 2.25. The van der Waals surface area contributed by atoms with Gasteiger partial charge in [-0.3, -0.25) is 4.79 Å². The Bertz CT molecular complexity index is 1030. The highest BCUT2D eigenvalue weighted by Gasteiger charge is 2.35. The first-order valence-electron chi connectivity index (χ1n) is 9.55. The molecular weight excluding hydrogens is 410 g/mol. The maximum absolute atomic E-state index is 13.1. The average Bonchev–Trinajstić information content (AvgIpc) is 2.77. The Morgan fingerprint density at radius 3 is 2.57 bits per heavy atom. The summed E-state index contributed by atoms with van der Waals surface area (Å²) in [5, 5.41) is 0. The largest absolute Gasteiger partial charge is 0.444 e. The molecule has 0 aromatic heterocycles. The molecule has 0 radical (unpaired) electrons. The van der Waals surface area contributed by atoms with Gasteiger partial charge in [0.1, 0.15) is 5.57 Å². The van der Waals surface area contributed by atoms with Crippen LogP contribution in [0.25, 0.3) is 0 Å². The third-order valence-corrected chi connectivity index (χ3v) is 6.10. The van der Waals surface area contributed by atoms with E-state index in [0.717, 1.165) is 0 Å². The first-order valence-corrected chi connectivity index (χ1v) is 11.2. The number of allylic oxidation sites excluding steroid dienone is 2. The second kappa shape index (κ2) is 8.41. The van der Waals surface area contributed by atoms with E-state index in [4.69, 9.17) is 9.47 Å². The van der Waals surface area contributed by atoms with E-state index in [-0.39, 0.29) is 29.6 Å². The van der Waals surface area contributed by atoms with Crippen LogP contribution in [-0.4, -0.2) is 74.5 Å². The fourth-order valence-electron chi connectivity index (χ4n) is 3.38. The van der Waals surface area contributed by atoms with Crippen LogP contribution in [0.3, 0.4) is 0 Å². The van der Waals surface area contributed by atoms with Gasteiger partial charge in [0.25, 0.3) is 15.9 Å². The average molecular weight is 431 g/mol. The number of benzene rings is 1.